The molecule has 2 N–H and O–H groups in total. The second kappa shape index (κ2) is 8.02. The van der Waals surface area contributed by atoms with E-state index in [4.69, 9.17) is 26.4 Å². The van der Waals surface area contributed by atoms with Crippen LogP contribution in [0.2, 0.25) is 0 Å². The van der Waals surface area contributed by atoms with Crippen molar-refractivity contribution >= 4 is 55.9 Å². The fraction of sp³-hybridized carbons (Fsp3) is 0.158. The molecule has 0 atom stereocenters. The molecule has 1 aliphatic rings. The summed E-state index contributed by atoms with van der Waals surface area (Å²) in [6.45, 7) is 0.920. The molecule has 0 bridgehead atoms. The molecule has 2 heterocycles. The van der Waals surface area contributed by atoms with Gasteiger partial charge in [-0.3, -0.25) is 10.1 Å². The number of amides is 1. The lowest BCUT2D eigenvalue weighted by atomic mass is 10.2. The van der Waals surface area contributed by atoms with Gasteiger partial charge in [-0.1, -0.05) is 11.3 Å². The molecule has 0 unspecified atom stereocenters. The minimum atomic E-state index is -0.419. The highest BCUT2D eigenvalue weighted by Crippen LogP contribution is 2.31. The number of carbonyl (C=O) groups is 2. The van der Waals surface area contributed by atoms with Crippen LogP contribution in [0.1, 0.15) is 20.7 Å². The van der Waals surface area contributed by atoms with Gasteiger partial charge in [0.2, 0.25) is 0 Å². The normalized spacial score (nSPS) is 12.3. The van der Waals surface area contributed by atoms with Crippen LogP contribution >= 0.6 is 23.6 Å². The summed E-state index contributed by atoms with van der Waals surface area (Å²) in [6, 6.07) is 9.99. The Morgan fingerprint density at radius 3 is 2.66 bits per heavy atom. The zero-order valence-electron chi connectivity index (χ0n) is 15.2. The third-order valence-electron chi connectivity index (χ3n) is 4.06. The van der Waals surface area contributed by atoms with Gasteiger partial charge in [0, 0.05) is 5.56 Å². The zero-order chi connectivity index (χ0) is 20.4. The van der Waals surface area contributed by atoms with E-state index < -0.39 is 5.97 Å². The van der Waals surface area contributed by atoms with Gasteiger partial charge in [0.1, 0.15) is 13.2 Å². The fourth-order valence-corrected chi connectivity index (χ4v) is 3.87. The molecule has 8 nitrogen and oxygen atoms in total. The molecule has 10 heteroatoms. The van der Waals surface area contributed by atoms with Crippen molar-refractivity contribution in [3.8, 4) is 11.5 Å². The van der Waals surface area contributed by atoms with E-state index in [0.29, 0.717) is 46.5 Å². The van der Waals surface area contributed by atoms with Crippen molar-refractivity contribution in [3.63, 3.8) is 0 Å². The van der Waals surface area contributed by atoms with E-state index in [1.165, 1.54) is 18.4 Å². The van der Waals surface area contributed by atoms with Crippen LogP contribution in [0.4, 0.5) is 5.13 Å². The van der Waals surface area contributed by atoms with Crippen molar-refractivity contribution in [1.82, 2.24) is 10.3 Å². The average Bonchev–Trinajstić information content (AvgIpc) is 3.13. The lowest BCUT2D eigenvalue weighted by Gasteiger charge is -2.18. The van der Waals surface area contributed by atoms with E-state index >= 15 is 0 Å². The number of thiazole rings is 1. The van der Waals surface area contributed by atoms with Gasteiger partial charge in [0.25, 0.3) is 5.91 Å². The standard InChI is InChI=1S/C19H15N3O5S2/c1-25-17(24)11-2-4-12-15(9-11)29-19(20-12)22-18(28)21-16(23)10-3-5-13-14(8-10)27-7-6-26-13/h2-5,8-9H,6-7H2,1H3,(H2,20,21,22,23,28). The number of benzene rings is 2. The summed E-state index contributed by atoms with van der Waals surface area (Å²) in [5.74, 6) is 0.329. The van der Waals surface area contributed by atoms with Gasteiger partial charge < -0.3 is 19.5 Å². The summed E-state index contributed by atoms with van der Waals surface area (Å²) >= 11 is 6.52. The Morgan fingerprint density at radius 1 is 1.10 bits per heavy atom. The smallest absolute Gasteiger partial charge is 0.337 e. The topological polar surface area (TPSA) is 98.8 Å². The van der Waals surface area contributed by atoms with Crippen molar-refractivity contribution in [1.29, 1.82) is 0 Å². The first-order chi connectivity index (χ1) is 14.0. The molecule has 0 spiro atoms. The first-order valence-electron chi connectivity index (χ1n) is 8.54. The van der Waals surface area contributed by atoms with Crippen LogP contribution in [0.25, 0.3) is 10.2 Å². The van der Waals surface area contributed by atoms with Crippen molar-refractivity contribution in [2.75, 3.05) is 25.6 Å². The predicted octanol–water partition coefficient (Wildman–Crippen LogP) is 2.98. The number of rotatable bonds is 3. The Labute approximate surface area is 174 Å². The van der Waals surface area contributed by atoms with Gasteiger partial charge in [-0.15, -0.1) is 0 Å². The number of nitrogens with zero attached hydrogens (tertiary/aromatic N) is 1. The Kier molecular flexibility index (Phi) is 5.28. The summed E-state index contributed by atoms with van der Waals surface area (Å²) in [5, 5.41) is 6.11. The van der Waals surface area contributed by atoms with Crippen molar-refractivity contribution in [3.05, 3.63) is 47.5 Å². The lowest BCUT2D eigenvalue weighted by molar-refractivity contribution is 0.0600. The third-order valence-corrected chi connectivity index (χ3v) is 5.20. The molecule has 2 aromatic carbocycles. The van der Waals surface area contributed by atoms with E-state index in [0.717, 1.165) is 4.70 Å². The molecule has 3 aromatic rings. The maximum Gasteiger partial charge on any atom is 0.337 e. The number of anilines is 1. The van der Waals surface area contributed by atoms with Gasteiger partial charge in [0.05, 0.1) is 22.9 Å². The van der Waals surface area contributed by atoms with Gasteiger partial charge in [-0.05, 0) is 48.6 Å². The average molecular weight is 429 g/mol. The van der Waals surface area contributed by atoms with Crippen LogP contribution in [0.15, 0.2) is 36.4 Å². The van der Waals surface area contributed by atoms with E-state index in [9.17, 15) is 9.59 Å². The monoisotopic (exact) mass is 429 g/mol. The summed E-state index contributed by atoms with van der Waals surface area (Å²) < 4.78 is 16.4. The van der Waals surface area contributed by atoms with Crippen LogP contribution in [-0.4, -0.2) is 42.3 Å². The SMILES string of the molecule is COC(=O)c1ccc2nc(NC(=S)NC(=O)c3ccc4c(c3)OCCO4)sc2c1. The molecule has 1 amide bonds. The molecular weight excluding hydrogens is 414 g/mol. The van der Waals surface area contributed by atoms with Crippen LogP contribution < -0.4 is 20.1 Å². The molecule has 29 heavy (non-hydrogen) atoms. The second-order valence-corrected chi connectivity index (χ2v) is 7.40. The molecule has 148 valence electrons. The molecule has 4 rings (SSSR count). The maximum absolute atomic E-state index is 12.5. The quantitative estimate of drug-likeness (QED) is 0.484. The minimum absolute atomic E-state index is 0.108. The second-order valence-electron chi connectivity index (χ2n) is 5.96. The van der Waals surface area contributed by atoms with Gasteiger partial charge >= 0.3 is 5.97 Å². The van der Waals surface area contributed by atoms with E-state index in [1.54, 1.807) is 36.4 Å². The Bertz CT molecular complexity index is 1130. The van der Waals surface area contributed by atoms with Gasteiger partial charge in [-0.25, -0.2) is 9.78 Å². The number of methoxy groups -OCH3 is 1. The van der Waals surface area contributed by atoms with Gasteiger partial charge in [-0.2, -0.15) is 0 Å². The van der Waals surface area contributed by atoms with E-state index in [-0.39, 0.29) is 11.0 Å². The Morgan fingerprint density at radius 2 is 1.86 bits per heavy atom. The van der Waals surface area contributed by atoms with Crippen LogP contribution in [0.5, 0.6) is 11.5 Å². The number of ether oxygens (including phenoxy) is 3. The molecule has 0 saturated carbocycles. The van der Waals surface area contributed by atoms with Crippen molar-refractivity contribution in [2.45, 2.75) is 0 Å². The Balaban J connectivity index is 1.44. The largest absolute Gasteiger partial charge is 0.486 e. The summed E-state index contributed by atoms with van der Waals surface area (Å²) in [4.78, 5) is 28.5. The number of hydrogen-bond donors (Lipinski definition) is 2. The first-order valence-corrected chi connectivity index (χ1v) is 9.77. The number of nitrogens with one attached hydrogen (secondary N) is 2. The third kappa shape index (κ3) is 4.13. The predicted molar refractivity (Wildman–Crippen MR) is 112 cm³/mol. The number of fused-ring (bicyclic) bond motifs is 2. The van der Waals surface area contributed by atoms with Gasteiger partial charge in [0.15, 0.2) is 21.7 Å². The van der Waals surface area contributed by atoms with Crippen molar-refractivity contribution < 1.29 is 23.8 Å². The molecule has 0 fully saturated rings. The molecular formula is C19H15N3O5S2. The summed E-state index contributed by atoms with van der Waals surface area (Å²) in [6.07, 6.45) is 0. The van der Waals surface area contributed by atoms with Crippen LogP contribution in [0, 0.1) is 0 Å². The fourth-order valence-electron chi connectivity index (χ4n) is 2.71. The highest BCUT2D eigenvalue weighted by atomic mass is 32.1. The van der Waals surface area contributed by atoms with Crippen molar-refractivity contribution in [2.24, 2.45) is 0 Å². The maximum atomic E-state index is 12.5. The minimum Gasteiger partial charge on any atom is -0.486 e. The van der Waals surface area contributed by atoms with E-state index in [1.807, 2.05) is 0 Å². The molecule has 0 radical (unpaired) electrons. The molecule has 1 aliphatic heterocycles. The number of hydrogen-bond acceptors (Lipinski definition) is 8. The lowest BCUT2D eigenvalue weighted by Crippen LogP contribution is -2.34. The number of carbonyl (C=O) groups excluding carboxylic acids is 2. The van der Waals surface area contributed by atoms with E-state index in [2.05, 4.69) is 15.6 Å². The molecule has 0 aliphatic carbocycles. The summed E-state index contributed by atoms with van der Waals surface area (Å²) in [5.41, 5.74) is 1.53. The Hall–Kier alpha value is -3.24. The van der Waals surface area contributed by atoms with Crippen LogP contribution in [-0.2, 0) is 4.74 Å². The number of thiocarbonyl (C=S) groups is 1. The first kappa shape index (κ1) is 19.1. The number of aromatic nitrogens is 1. The molecule has 1 aromatic heterocycles. The molecule has 0 saturated heterocycles. The summed E-state index contributed by atoms with van der Waals surface area (Å²) in [7, 11) is 1.33. The van der Waals surface area contributed by atoms with Crippen LogP contribution in [0.3, 0.4) is 0 Å². The highest BCUT2D eigenvalue weighted by molar-refractivity contribution is 7.80. The highest BCUT2D eigenvalue weighted by Gasteiger charge is 2.16. The zero-order valence-corrected chi connectivity index (χ0v) is 16.8. The number of esters is 1.